The molecule has 138 valence electrons. The lowest BCUT2D eigenvalue weighted by molar-refractivity contribution is -0.162. The van der Waals surface area contributed by atoms with E-state index in [1.807, 2.05) is 49.4 Å². The first-order valence-corrected chi connectivity index (χ1v) is 9.23. The van der Waals surface area contributed by atoms with Crippen LogP contribution in [0.1, 0.15) is 40.2 Å². The van der Waals surface area contributed by atoms with E-state index in [1.54, 1.807) is 7.11 Å². The normalized spacial score (nSPS) is 21.3. The molecule has 0 aromatic heterocycles. The monoisotopic (exact) mass is 360 g/mol. The molecule has 1 heterocycles. The lowest BCUT2D eigenvalue weighted by atomic mass is 9.78. The van der Waals surface area contributed by atoms with Gasteiger partial charge in [0.2, 0.25) is 5.79 Å². The lowest BCUT2D eigenvalue weighted by Gasteiger charge is -2.40. The van der Waals surface area contributed by atoms with E-state index >= 15 is 0 Å². The molecule has 3 aromatic carbocycles. The predicted octanol–water partition coefficient (Wildman–Crippen LogP) is 5.07. The quantitative estimate of drug-likeness (QED) is 0.708. The summed E-state index contributed by atoms with van der Waals surface area (Å²) in [6.45, 7) is 4.13. The van der Waals surface area contributed by atoms with Crippen LogP contribution in [-0.4, -0.2) is 12.2 Å². The number of benzene rings is 3. The summed E-state index contributed by atoms with van der Waals surface area (Å²) >= 11 is 0. The van der Waals surface area contributed by atoms with Crippen molar-refractivity contribution in [3.63, 3.8) is 0 Å². The fourth-order valence-electron chi connectivity index (χ4n) is 3.96. The van der Waals surface area contributed by atoms with Crippen LogP contribution in [0.25, 0.3) is 0 Å². The Bertz CT molecular complexity index is 947. The minimum Gasteiger partial charge on any atom is -0.497 e. The van der Waals surface area contributed by atoms with Crippen LogP contribution < -0.4 is 9.47 Å². The maximum Gasteiger partial charge on any atom is 0.235 e. The van der Waals surface area contributed by atoms with E-state index in [0.717, 1.165) is 33.8 Å². The maximum absolute atomic E-state index is 11.5. The molecule has 0 amide bonds. The van der Waals surface area contributed by atoms with Gasteiger partial charge in [0.25, 0.3) is 0 Å². The number of rotatable bonds is 3. The van der Waals surface area contributed by atoms with E-state index < -0.39 is 5.79 Å². The van der Waals surface area contributed by atoms with Crippen LogP contribution in [0.15, 0.2) is 66.7 Å². The molecule has 0 aliphatic carbocycles. The summed E-state index contributed by atoms with van der Waals surface area (Å²) in [5, 5.41) is 11.5. The molecule has 2 atom stereocenters. The molecule has 3 heteroatoms. The second-order valence-electron chi connectivity index (χ2n) is 7.22. The Morgan fingerprint density at radius 3 is 2.26 bits per heavy atom. The van der Waals surface area contributed by atoms with Gasteiger partial charge in [0.1, 0.15) is 11.5 Å². The third-order valence-electron chi connectivity index (χ3n) is 5.45. The molecule has 1 aliphatic rings. The van der Waals surface area contributed by atoms with Gasteiger partial charge < -0.3 is 14.6 Å². The van der Waals surface area contributed by atoms with Gasteiger partial charge >= 0.3 is 0 Å². The summed E-state index contributed by atoms with van der Waals surface area (Å²) in [5.74, 6) is 0.278. The third kappa shape index (κ3) is 3.08. The average molecular weight is 360 g/mol. The first kappa shape index (κ1) is 17.6. The van der Waals surface area contributed by atoms with Crippen molar-refractivity contribution in [1.29, 1.82) is 0 Å². The maximum atomic E-state index is 11.5. The molecule has 1 N–H and O–H groups in total. The van der Waals surface area contributed by atoms with Crippen LogP contribution >= 0.6 is 0 Å². The van der Waals surface area contributed by atoms with E-state index in [9.17, 15) is 5.11 Å². The highest BCUT2D eigenvalue weighted by molar-refractivity contribution is 5.53. The average Bonchev–Trinajstić information content (AvgIpc) is 2.71. The Morgan fingerprint density at radius 2 is 1.59 bits per heavy atom. The van der Waals surface area contributed by atoms with Gasteiger partial charge in [-0.05, 0) is 42.7 Å². The fraction of sp³-hybridized carbons (Fsp3) is 0.250. The molecule has 0 fully saturated rings. The van der Waals surface area contributed by atoms with E-state index in [2.05, 4.69) is 31.2 Å². The van der Waals surface area contributed by atoms with E-state index in [4.69, 9.17) is 9.47 Å². The highest BCUT2D eigenvalue weighted by Crippen LogP contribution is 2.49. The van der Waals surface area contributed by atoms with Crippen molar-refractivity contribution in [2.45, 2.75) is 32.0 Å². The number of methoxy groups -OCH3 is 1. The summed E-state index contributed by atoms with van der Waals surface area (Å²) < 4.78 is 11.5. The highest BCUT2D eigenvalue weighted by atomic mass is 16.6. The fourth-order valence-corrected chi connectivity index (χ4v) is 3.96. The predicted molar refractivity (Wildman–Crippen MR) is 106 cm³/mol. The Labute approximate surface area is 160 Å². The minimum absolute atomic E-state index is 0.0322. The Balaban J connectivity index is 1.88. The summed E-state index contributed by atoms with van der Waals surface area (Å²) in [6.07, 6.45) is 0.459. The van der Waals surface area contributed by atoms with Crippen molar-refractivity contribution in [2.75, 3.05) is 7.11 Å². The van der Waals surface area contributed by atoms with Crippen molar-refractivity contribution >= 4 is 0 Å². The molecule has 27 heavy (non-hydrogen) atoms. The molecule has 0 saturated carbocycles. The van der Waals surface area contributed by atoms with Crippen LogP contribution in [-0.2, 0) is 5.79 Å². The van der Waals surface area contributed by atoms with Crippen molar-refractivity contribution in [1.82, 2.24) is 0 Å². The smallest absolute Gasteiger partial charge is 0.235 e. The first-order chi connectivity index (χ1) is 13.0. The third-order valence-corrected chi connectivity index (χ3v) is 5.45. The summed E-state index contributed by atoms with van der Waals surface area (Å²) in [6, 6.07) is 21.9. The van der Waals surface area contributed by atoms with Gasteiger partial charge in [-0.3, -0.25) is 0 Å². The zero-order chi connectivity index (χ0) is 19.0. The number of hydrogen-bond acceptors (Lipinski definition) is 3. The van der Waals surface area contributed by atoms with E-state index in [1.165, 1.54) is 5.56 Å². The molecule has 3 aromatic rings. The topological polar surface area (TPSA) is 38.7 Å². The number of aryl methyl sites for hydroxylation is 2. The van der Waals surface area contributed by atoms with Crippen molar-refractivity contribution in [2.24, 2.45) is 0 Å². The summed E-state index contributed by atoms with van der Waals surface area (Å²) in [5.41, 5.74) is 5.27. The number of fused-ring (bicyclic) bond motifs is 1. The van der Waals surface area contributed by atoms with Crippen molar-refractivity contribution in [3.8, 4) is 11.5 Å². The van der Waals surface area contributed by atoms with E-state index in [-0.39, 0.29) is 5.92 Å². The number of aliphatic hydroxyl groups is 1. The lowest BCUT2D eigenvalue weighted by Crippen LogP contribution is -2.39. The molecule has 0 bridgehead atoms. The molecule has 0 spiro atoms. The van der Waals surface area contributed by atoms with Gasteiger partial charge in [-0.1, -0.05) is 54.6 Å². The van der Waals surface area contributed by atoms with Gasteiger partial charge in [0, 0.05) is 23.5 Å². The molecule has 1 aliphatic heterocycles. The second-order valence-corrected chi connectivity index (χ2v) is 7.22. The zero-order valence-electron chi connectivity index (χ0n) is 15.9. The van der Waals surface area contributed by atoms with Crippen molar-refractivity contribution < 1.29 is 14.6 Å². The second kappa shape index (κ2) is 6.75. The Hall–Kier alpha value is -2.78. The summed E-state index contributed by atoms with van der Waals surface area (Å²) in [4.78, 5) is 0. The van der Waals surface area contributed by atoms with Gasteiger partial charge in [-0.25, -0.2) is 0 Å². The van der Waals surface area contributed by atoms with Crippen LogP contribution in [0.5, 0.6) is 11.5 Å². The molecule has 0 saturated heterocycles. The van der Waals surface area contributed by atoms with Crippen LogP contribution in [0, 0.1) is 13.8 Å². The SMILES string of the molecule is COc1ccc([C@H]2C[C@@](O)(c3ccccc3)Oc3c(C)ccc(C)c32)cc1. The Kier molecular flexibility index (Phi) is 4.40. The van der Waals surface area contributed by atoms with Gasteiger partial charge in [-0.2, -0.15) is 0 Å². The van der Waals surface area contributed by atoms with Gasteiger partial charge in [0.05, 0.1) is 7.11 Å². The van der Waals surface area contributed by atoms with Crippen molar-refractivity contribution in [3.05, 3.63) is 94.5 Å². The largest absolute Gasteiger partial charge is 0.497 e. The van der Waals surface area contributed by atoms with Crippen LogP contribution in [0.4, 0.5) is 0 Å². The molecule has 0 unspecified atom stereocenters. The van der Waals surface area contributed by atoms with Crippen LogP contribution in [0.2, 0.25) is 0 Å². The molecular weight excluding hydrogens is 336 g/mol. The number of ether oxygens (including phenoxy) is 2. The zero-order valence-corrected chi connectivity index (χ0v) is 15.9. The van der Waals surface area contributed by atoms with Gasteiger partial charge in [0.15, 0.2) is 0 Å². The number of hydrogen-bond donors (Lipinski definition) is 1. The molecule has 0 radical (unpaired) electrons. The van der Waals surface area contributed by atoms with E-state index in [0.29, 0.717) is 6.42 Å². The molecule has 3 nitrogen and oxygen atoms in total. The first-order valence-electron chi connectivity index (χ1n) is 9.23. The Morgan fingerprint density at radius 1 is 0.926 bits per heavy atom. The van der Waals surface area contributed by atoms with Gasteiger partial charge in [-0.15, -0.1) is 0 Å². The molecular formula is C24H24O3. The minimum atomic E-state index is -1.36. The summed E-state index contributed by atoms with van der Waals surface area (Å²) in [7, 11) is 1.67. The standard InChI is InChI=1S/C24H24O3/c1-16-9-10-17(2)23-22(16)21(18-11-13-20(26-3)14-12-18)15-24(25,27-23)19-7-5-4-6-8-19/h4-14,21,25H,15H2,1-3H3/t21-,24+/m1/s1. The van der Waals surface area contributed by atoms with Crippen LogP contribution in [0.3, 0.4) is 0 Å². The highest BCUT2D eigenvalue weighted by Gasteiger charge is 2.42. The molecule has 4 rings (SSSR count).